The van der Waals surface area contributed by atoms with Gasteiger partial charge in [-0.3, -0.25) is 14.4 Å². The number of carboxylic acid groups (broad SMARTS) is 1. The molecule has 6 nitrogen and oxygen atoms in total. The molecule has 2 rings (SSSR count). The van der Waals surface area contributed by atoms with E-state index in [0.717, 1.165) is 32.1 Å². The summed E-state index contributed by atoms with van der Waals surface area (Å²) in [5.74, 6) is -1.21. The van der Waals surface area contributed by atoms with E-state index in [9.17, 15) is 19.5 Å². The Hall–Kier alpha value is -2.37. The summed E-state index contributed by atoms with van der Waals surface area (Å²) in [6.07, 6.45) is 4.84. The lowest BCUT2D eigenvalue weighted by atomic mass is 9.69. The molecule has 24 heavy (non-hydrogen) atoms. The van der Waals surface area contributed by atoms with Gasteiger partial charge in [0, 0.05) is 24.7 Å². The first kappa shape index (κ1) is 18.0. The normalized spacial score (nSPS) is 16.2. The summed E-state index contributed by atoms with van der Waals surface area (Å²) in [4.78, 5) is 34.7. The van der Waals surface area contributed by atoms with E-state index < -0.39 is 11.4 Å². The van der Waals surface area contributed by atoms with Crippen LogP contribution in [0.15, 0.2) is 24.3 Å². The van der Waals surface area contributed by atoms with Gasteiger partial charge in [0.05, 0.1) is 6.42 Å². The highest BCUT2D eigenvalue weighted by molar-refractivity contribution is 5.93. The highest BCUT2D eigenvalue weighted by Gasteiger charge is 2.36. The zero-order valence-electron chi connectivity index (χ0n) is 13.9. The van der Waals surface area contributed by atoms with Gasteiger partial charge in [-0.25, -0.2) is 0 Å². The Labute approximate surface area is 141 Å². The molecule has 0 radical (unpaired) electrons. The van der Waals surface area contributed by atoms with Gasteiger partial charge in [0.25, 0.3) is 0 Å². The number of anilines is 2. The number of rotatable bonds is 6. The van der Waals surface area contributed by atoms with Crippen molar-refractivity contribution in [2.45, 2.75) is 51.9 Å². The Morgan fingerprint density at radius 1 is 1.04 bits per heavy atom. The Morgan fingerprint density at radius 2 is 1.67 bits per heavy atom. The highest BCUT2D eigenvalue weighted by Crippen LogP contribution is 2.42. The number of benzene rings is 1. The summed E-state index contributed by atoms with van der Waals surface area (Å²) in [6.45, 7) is 1.42. The number of hydrogen-bond acceptors (Lipinski definition) is 3. The molecular weight excluding hydrogens is 308 g/mol. The maximum atomic E-state index is 12.4. The smallest absolute Gasteiger partial charge is 0.303 e. The number of carboxylic acids is 1. The molecule has 130 valence electrons. The molecule has 3 N–H and O–H groups in total. The number of aliphatic carboxylic acids is 1. The Morgan fingerprint density at radius 3 is 2.25 bits per heavy atom. The van der Waals surface area contributed by atoms with E-state index in [2.05, 4.69) is 10.6 Å². The van der Waals surface area contributed by atoms with Crippen molar-refractivity contribution >= 4 is 29.2 Å². The second-order valence-electron chi connectivity index (χ2n) is 6.62. The van der Waals surface area contributed by atoms with Crippen molar-refractivity contribution in [1.29, 1.82) is 0 Å². The van der Waals surface area contributed by atoms with Crippen molar-refractivity contribution in [1.82, 2.24) is 0 Å². The molecule has 1 aromatic carbocycles. The van der Waals surface area contributed by atoms with Crippen LogP contribution in [0.4, 0.5) is 11.4 Å². The fourth-order valence-electron chi connectivity index (χ4n) is 3.46. The summed E-state index contributed by atoms with van der Waals surface area (Å²) >= 11 is 0. The van der Waals surface area contributed by atoms with Gasteiger partial charge < -0.3 is 15.7 Å². The molecule has 1 aliphatic carbocycles. The minimum atomic E-state index is -0.850. The van der Waals surface area contributed by atoms with Gasteiger partial charge in [0.15, 0.2) is 0 Å². The predicted molar refractivity (Wildman–Crippen MR) is 91.8 cm³/mol. The van der Waals surface area contributed by atoms with Gasteiger partial charge in [0.2, 0.25) is 11.8 Å². The highest BCUT2D eigenvalue weighted by atomic mass is 16.4. The standard InChI is InChI=1S/C18H24N2O4/c1-13(21)19-14-6-5-7-15(10-14)20-16(22)11-18(12-17(23)24)8-3-2-4-9-18/h5-7,10H,2-4,8-9,11-12H2,1H3,(H,19,21)(H,20,22)(H,23,24). The van der Waals surface area contributed by atoms with Crippen LogP contribution in [-0.2, 0) is 14.4 Å². The van der Waals surface area contributed by atoms with Crippen molar-refractivity contribution in [3.05, 3.63) is 24.3 Å². The minimum absolute atomic E-state index is 0.0341. The van der Waals surface area contributed by atoms with E-state index >= 15 is 0 Å². The van der Waals surface area contributed by atoms with Crippen LogP contribution in [0.2, 0.25) is 0 Å². The molecule has 6 heteroatoms. The molecule has 0 heterocycles. The van der Waals surface area contributed by atoms with Gasteiger partial charge in [-0.1, -0.05) is 25.3 Å². The predicted octanol–water partition coefficient (Wildman–Crippen LogP) is 3.40. The van der Waals surface area contributed by atoms with E-state index in [1.165, 1.54) is 6.92 Å². The van der Waals surface area contributed by atoms with Crippen molar-refractivity contribution in [2.75, 3.05) is 10.6 Å². The van der Waals surface area contributed by atoms with Crippen molar-refractivity contribution in [3.8, 4) is 0 Å². The van der Waals surface area contributed by atoms with Crippen molar-refractivity contribution in [2.24, 2.45) is 5.41 Å². The summed E-state index contributed by atoms with van der Waals surface area (Å²) in [7, 11) is 0. The van der Waals surface area contributed by atoms with Gasteiger partial charge in [-0.15, -0.1) is 0 Å². The van der Waals surface area contributed by atoms with E-state index in [-0.39, 0.29) is 24.7 Å². The zero-order valence-corrected chi connectivity index (χ0v) is 13.9. The Balaban J connectivity index is 2.02. The molecule has 0 unspecified atom stereocenters. The van der Waals surface area contributed by atoms with Crippen molar-refractivity contribution in [3.63, 3.8) is 0 Å². The largest absolute Gasteiger partial charge is 0.481 e. The van der Waals surface area contributed by atoms with Crippen molar-refractivity contribution < 1.29 is 19.5 Å². The lowest BCUT2D eigenvalue weighted by Gasteiger charge is -2.35. The molecular formula is C18H24N2O4. The first-order valence-corrected chi connectivity index (χ1v) is 8.28. The topological polar surface area (TPSA) is 95.5 Å². The molecule has 1 aliphatic rings. The first-order chi connectivity index (χ1) is 11.4. The monoisotopic (exact) mass is 332 g/mol. The van der Waals surface area contributed by atoms with Crippen LogP contribution in [0.3, 0.4) is 0 Å². The maximum Gasteiger partial charge on any atom is 0.303 e. The average molecular weight is 332 g/mol. The van der Waals surface area contributed by atoms with Gasteiger partial charge in [0.1, 0.15) is 0 Å². The number of hydrogen-bond donors (Lipinski definition) is 3. The third kappa shape index (κ3) is 5.37. The molecule has 0 bridgehead atoms. The number of amides is 2. The lowest BCUT2D eigenvalue weighted by Crippen LogP contribution is -2.32. The van der Waals surface area contributed by atoms with Gasteiger partial charge in [-0.2, -0.15) is 0 Å². The molecule has 0 atom stereocenters. The zero-order chi connectivity index (χ0) is 17.6. The molecule has 1 saturated carbocycles. The molecule has 2 amide bonds. The van der Waals surface area contributed by atoms with E-state index in [4.69, 9.17) is 0 Å². The van der Waals surface area contributed by atoms with Crippen LogP contribution >= 0.6 is 0 Å². The second-order valence-corrected chi connectivity index (χ2v) is 6.62. The average Bonchev–Trinajstić information content (AvgIpc) is 2.46. The summed E-state index contributed by atoms with van der Waals surface area (Å²) in [5.41, 5.74) is 0.759. The maximum absolute atomic E-state index is 12.4. The molecule has 1 fully saturated rings. The third-order valence-electron chi connectivity index (χ3n) is 4.44. The van der Waals surface area contributed by atoms with Crippen LogP contribution < -0.4 is 10.6 Å². The van der Waals surface area contributed by atoms with Gasteiger partial charge in [-0.05, 0) is 36.5 Å². The fourth-order valence-corrected chi connectivity index (χ4v) is 3.46. The third-order valence-corrected chi connectivity index (χ3v) is 4.44. The number of nitrogens with one attached hydrogen (secondary N) is 2. The van der Waals surface area contributed by atoms with Crippen LogP contribution in [0.1, 0.15) is 51.9 Å². The number of carbonyl (C=O) groups excluding carboxylic acids is 2. The molecule has 0 aromatic heterocycles. The van der Waals surface area contributed by atoms with Gasteiger partial charge >= 0.3 is 5.97 Å². The minimum Gasteiger partial charge on any atom is -0.481 e. The Bertz CT molecular complexity index is 621. The van der Waals surface area contributed by atoms with E-state index in [0.29, 0.717) is 11.4 Å². The van der Waals surface area contributed by atoms with E-state index in [1.807, 2.05) is 0 Å². The number of carbonyl (C=O) groups is 3. The van der Waals surface area contributed by atoms with Crippen LogP contribution in [-0.4, -0.2) is 22.9 Å². The molecule has 0 spiro atoms. The lowest BCUT2D eigenvalue weighted by molar-refractivity contribution is -0.141. The quantitative estimate of drug-likeness (QED) is 0.744. The first-order valence-electron chi connectivity index (χ1n) is 8.28. The Kier molecular flexibility index (Phi) is 5.95. The molecule has 1 aromatic rings. The SMILES string of the molecule is CC(=O)Nc1cccc(NC(=O)CC2(CC(=O)O)CCCCC2)c1. The van der Waals surface area contributed by atoms with Crippen LogP contribution in [0.25, 0.3) is 0 Å². The summed E-state index contributed by atoms with van der Waals surface area (Å²) < 4.78 is 0. The summed E-state index contributed by atoms with van der Waals surface area (Å²) in [5, 5.41) is 14.7. The fraction of sp³-hybridized carbons (Fsp3) is 0.500. The summed E-state index contributed by atoms with van der Waals surface area (Å²) in [6, 6.07) is 6.91. The molecule has 0 saturated heterocycles. The molecule has 0 aliphatic heterocycles. The van der Waals surface area contributed by atoms with E-state index in [1.54, 1.807) is 24.3 Å². The van der Waals surface area contributed by atoms with Crippen LogP contribution in [0.5, 0.6) is 0 Å². The van der Waals surface area contributed by atoms with Crippen LogP contribution in [0, 0.1) is 5.41 Å². The second kappa shape index (κ2) is 7.95.